The number of ether oxygens (including phenoxy) is 1. The van der Waals surface area contributed by atoms with Crippen LogP contribution in [0.4, 0.5) is 14.9 Å². The van der Waals surface area contributed by atoms with Crippen molar-refractivity contribution in [2.24, 2.45) is 0 Å². The van der Waals surface area contributed by atoms with Gasteiger partial charge in [0.2, 0.25) is 0 Å². The lowest BCUT2D eigenvalue weighted by Crippen LogP contribution is -2.30. The number of carbonyl (C=O) groups is 2. The second-order valence-electron chi connectivity index (χ2n) is 6.84. The molecule has 0 unspecified atom stereocenters. The first kappa shape index (κ1) is 22.1. The summed E-state index contributed by atoms with van der Waals surface area (Å²) in [7, 11) is 0. The third-order valence-electron chi connectivity index (χ3n) is 4.55. The smallest absolute Gasteiger partial charge is 0.333 e. The number of hydrogen-bond donors (Lipinski definition) is 1. The molecule has 0 aromatic heterocycles. The average molecular weight is 492 g/mol. The molecule has 0 bridgehead atoms. The number of carbonyl (C=O) groups excluding carboxylic acids is 2. The first-order chi connectivity index (χ1) is 15.3. The molecule has 32 heavy (non-hydrogen) atoms. The molecule has 0 atom stereocenters. The van der Waals surface area contributed by atoms with Crippen molar-refractivity contribution in [3.63, 3.8) is 0 Å². The molecule has 0 saturated carbocycles. The Labute approximate surface area is 197 Å². The van der Waals surface area contributed by atoms with Gasteiger partial charge < -0.3 is 10.1 Å². The lowest BCUT2D eigenvalue weighted by Gasteiger charge is -2.12. The second kappa shape index (κ2) is 9.20. The van der Waals surface area contributed by atoms with Gasteiger partial charge in [-0.15, -0.1) is 0 Å². The highest BCUT2D eigenvalue weighted by molar-refractivity contribution is 6.37. The maximum atomic E-state index is 13.3. The maximum absolute atomic E-state index is 13.3. The van der Waals surface area contributed by atoms with Crippen LogP contribution in [0.1, 0.15) is 11.1 Å². The van der Waals surface area contributed by atoms with E-state index in [9.17, 15) is 14.0 Å². The number of nitrogens with one attached hydrogen (secondary N) is 1. The van der Waals surface area contributed by atoms with Crippen LogP contribution >= 0.6 is 34.8 Å². The van der Waals surface area contributed by atoms with E-state index in [2.05, 4.69) is 5.32 Å². The van der Waals surface area contributed by atoms with Gasteiger partial charge in [-0.1, -0.05) is 53.0 Å². The van der Waals surface area contributed by atoms with Crippen LogP contribution in [-0.4, -0.2) is 11.9 Å². The van der Waals surface area contributed by atoms with E-state index in [4.69, 9.17) is 39.5 Å². The highest BCUT2D eigenvalue weighted by Gasteiger charge is 2.35. The maximum Gasteiger partial charge on any atom is 0.333 e. The van der Waals surface area contributed by atoms with Crippen molar-refractivity contribution in [3.05, 3.63) is 98.4 Å². The monoisotopic (exact) mass is 490 g/mol. The number of rotatable bonds is 5. The first-order valence-electron chi connectivity index (χ1n) is 9.31. The van der Waals surface area contributed by atoms with Gasteiger partial charge in [0.05, 0.1) is 15.7 Å². The van der Waals surface area contributed by atoms with Crippen molar-refractivity contribution in [3.8, 4) is 5.75 Å². The van der Waals surface area contributed by atoms with E-state index >= 15 is 0 Å². The van der Waals surface area contributed by atoms with E-state index in [1.54, 1.807) is 42.5 Å². The van der Waals surface area contributed by atoms with Crippen LogP contribution in [0.15, 0.2) is 66.4 Å². The van der Waals surface area contributed by atoms with E-state index in [0.29, 0.717) is 21.8 Å². The molecule has 4 rings (SSSR count). The fourth-order valence-electron chi connectivity index (χ4n) is 3.13. The summed E-state index contributed by atoms with van der Waals surface area (Å²) in [6, 6.07) is 14.9. The summed E-state index contributed by atoms with van der Waals surface area (Å²) in [6.45, 7) is 0.0702. The second-order valence-corrected chi connectivity index (χ2v) is 8.09. The lowest BCUT2D eigenvalue weighted by molar-refractivity contribution is -0.113. The summed E-state index contributed by atoms with van der Waals surface area (Å²) in [5, 5.41) is 3.32. The Balaban J connectivity index is 1.55. The number of hydrogen-bond acceptors (Lipinski definition) is 3. The molecule has 9 heteroatoms. The van der Waals surface area contributed by atoms with E-state index in [1.807, 2.05) is 0 Å². The molecule has 1 aliphatic heterocycles. The standard InChI is InChI=1S/C23H14Cl3FN2O3/c24-15-4-2-6-17(11-15)29-22(30)20(28-23(29)31)10-14-8-18(25)21(19(26)9-14)32-12-13-3-1-5-16(27)7-13/h1-11H,12H2,(H,28,31)/b20-10+. The number of urea groups is 1. The Morgan fingerprint density at radius 3 is 2.38 bits per heavy atom. The quantitative estimate of drug-likeness (QED) is 0.329. The van der Waals surface area contributed by atoms with E-state index < -0.39 is 11.9 Å². The molecule has 3 aromatic rings. The van der Waals surface area contributed by atoms with Gasteiger partial charge in [0.1, 0.15) is 18.1 Å². The molecule has 162 valence electrons. The van der Waals surface area contributed by atoms with Crippen molar-refractivity contribution in [1.29, 1.82) is 0 Å². The van der Waals surface area contributed by atoms with Crippen molar-refractivity contribution in [1.82, 2.24) is 5.32 Å². The SMILES string of the molecule is O=C1N/C(=C/c2cc(Cl)c(OCc3cccc(F)c3)c(Cl)c2)C(=O)N1c1cccc(Cl)c1. The van der Waals surface area contributed by atoms with Crippen LogP contribution in [0.2, 0.25) is 15.1 Å². The largest absolute Gasteiger partial charge is 0.486 e. The summed E-state index contributed by atoms with van der Waals surface area (Å²) in [5.41, 5.74) is 1.49. The molecule has 1 heterocycles. The van der Waals surface area contributed by atoms with Gasteiger partial charge in [-0.25, -0.2) is 14.1 Å². The number of halogens is 4. The van der Waals surface area contributed by atoms with Gasteiger partial charge in [-0.05, 0) is 59.7 Å². The van der Waals surface area contributed by atoms with Gasteiger partial charge in [0.15, 0.2) is 5.75 Å². The van der Waals surface area contributed by atoms with Crippen LogP contribution in [0.5, 0.6) is 5.75 Å². The Kier molecular flexibility index (Phi) is 6.37. The van der Waals surface area contributed by atoms with E-state index in [1.165, 1.54) is 24.3 Å². The van der Waals surface area contributed by atoms with Crippen molar-refractivity contribution in [2.45, 2.75) is 6.61 Å². The summed E-state index contributed by atoms with van der Waals surface area (Å²) in [4.78, 5) is 26.1. The molecule has 3 amide bonds. The van der Waals surface area contributed by atoms with Crippen molar-refractivity contribution >= 4 is 58.5 Å². The first-order valence-corrected chi connectivity index (χ1v) is 10.4. The molecular formula is C23H14Cl3FN2O3. The third kappa shape index (κ3) is 4.72. The molecule has 5 nitrogen and oxygen atoms in total. The zero-order chi connectivity index (χ0) is 22.8. The van der Waals surface area contributed by atoms with Gasteiger partial charge in [0.25, 0.3) is 5.91 Å². The Hall–Kier alpha value is -3.06. The molecular weight excluding hydrogens is 478 g/mol. The number of benzene rings is 3. The van der Waals surface area contributed by atoms with Gasteiger partial charge in [-0.3, -0.25) is 4.79 Å². The average Bonchev–Trinajstić information content (AvgIpc) is 3.00. The zero-order valence-corrected chi connectivity index (χ0v) is 18.5. The fourth-order valence-corrected chi connectivity index (χ4v) is 3.93. The minimum Gasteiger partial charge on any atom is -0.486 e. The number of imide groups is 1. The predicted octanol–water partition coefficient (Wildman–Crippen LogP) is 6.46. The summed E-state index contributed by atoms with van der Waals surface area (Å²) in [5.74, 6) is -0.696. The molecule has 0 spiro atoms. The third-order valence-corrected chi connectivity index (χ3v) is 5.35. The highest BCUT2D eigenvalue weighted by atomic mass is 35.5. The van der Waals surface area contributed by atoms with Gasteiger partial charge in [0, 0.05) is 5.02 Å². The number of anilines is 1. The summed E-state index contributed by atoms with van der Waals surface area (Å²) < 4.78 is 19.0. The van der Waals surface area contributed by atoms with Gasteiger partial charge >= 0.3 is 6.03 Å². The predicted molar refractivity (Wildman–Crippen MR) is 123 cm³/mol. The van der Waals surface area contributed by atoms with E-state index in [-0.39, 0.29) is 33.9 Å². The molecule has 1 fully saturated rings. The fraction of sp³-hybridized carbons (Fsp3) is 0.0435. The zero-order valence-electron chi connectivity index (χ0n) is 16.2. The topological polar surface area (TPSA) is 58.6 Å². The van der Waals surface area contributed by atoms with Crippen molar-refractivity contribution < 1.29 is 18.7 Å². The van der Waals surface area contributed by atoms with Crippen LogP contribution in [-0.2, 0) is 11.4 Å². The van der Waals surface area contributed by atoms with Gasteiger partial charge in [-0.2, -0.15) is 0 Å². The van der Waals surface area contributed by atoms with Crippen molar-refractivity contribution in [2.75, 3.05) is 4.90 Å². The summed E-state index contributed by atoms with van der Waals surface area (Å²) >= 11 is 18.6. The molecule has 1 saturated heterocycles. The Bertz CT molecular complexity index is 1240. The molecule has 0 aliphatic carbocycles. The number of amides is 3. The lowest BCUT2D eigenvalue weighted by atomic mass is 10.1. The van der Waals surface area contributed by atoms with Crippen LogP contribution in [0.3, 0.4) is 0 Å². The van der Waals surface area contributed by atoms with E-state index in [0.717, 1.165) is 4.90 Å². The van der Waals surface area contributed by atoms with Crippen LogP contribution in [0, 0.1) is 5.82 Å². The Morgan fingerprint density at radius 2 is 1.69 bits per heavy atom. The molecule has 0 radical (unpaired) electrons. The Morgan fingerprint density at radius 1 is 0.969 bits per heavy atom. The summed E-state index contributed by atoms with van der Waals surface area (Å²) in [6.07, 6.45) is 1.46. The van der Waals surface area contributed by atoms with Crippen LogP contribution in [0.25, 0.3) is 6.08 Å². The molecule has 3 aromatic carbocycles. The minimum atomic E-state index is -0.601. The molecule has 1 N–H and O–H groups in total. The van der Waals surface area contributed by atoms with Crippen LogP contribution < -0.4 is 15.0 Å². The minimum absolute atomic E-state index is 0.0514. The normalized spacial score (nSPS) is 14.8. The molecule has 1 aliphatic rings. The highest BCUT2D eigenvalue weighted by Crippen LogP contribution is 2.36. The number of nitrogens with zero attached hydrogens (tertiary/aromatic N) is 1.